The largest absolute Gasteiger partial charge is 0.306 e. The Morgan fingerprint density at radius 1 is 0.681 bits per heavy atom. The fourth-order valence-electron chi connectivity index (χ4n) is 11.5. The lowest BCUT2D eigenvalue weighted by Gasteiger charge is -2.23. The predicted molar refractivity (Wildman–Crippen MR) is 297 cm³/mol. The van der Waals surface area contributed by atoms with Crippen LogP contribution in [0.15, 0.2) is 219 Å². The predicted octanol–water partition coefficient (Wildman–Crippen LogP) is 18.4. The van der Waals surface area contributed by atoms with Gasteiger partial charge in [0.25, 0.3) is 0 Å². The maximum absolute atomic E-state index is 5.38. The van der Waals surface area contributed by atoms with Crippen molar-refractivity contribution in [2.45, 2.75) is 52.4 Å². The van der Waals surface area contributed by atoms with E-state index in [1.807, 2.05) is 6.08 Å². The van der Waals surface area contributed by atoms with Gasteiger partial charge in [0.1, 0.15) is 0 Å². The van der Waals surface area contributed by atoms with Crippen LogP contribution in [0.1, 0.15) is 91.6 Å². The number of hydrogen-bond donors (Lipinski definition) is 0. The van der Waals surface area contributed by atoms with Gasteiger partial charge in [0, 0.05) is 27.6 Å². The van der Waals surface area contributed by atoms with Crippen LogP contribution in [0.3, 0.4) is 0 Å². The summed E-state index contributed by atoms with van der Waals surface area (Å²) in [5.41, 5.74) is 23.6. The van der Waals surface area contributed by atoms with Crippen LogP contribution < -0.4 is 0 Å². The topological polar surface area (TPSA) is 17.3 Å². The van der Waals surface area contributed by atoms with Gasteiger partial charge in [0.05, 0.1) is 28.6 Å². The Hall–Kier alpha value is -8.07. The van der Waals surface area contributed by atoms with E-state index in [0.29, 0.717) is 0 Å². The molecule has 0 saturated carbocycles. The summed E-state index contributed by atoms with van der Waals surface area (Å²) in [6, 6.07) is 53.2. The summed E-state index contributed by atoms with van der Waals surface area (Å²) in [5, 5.41) is 3.73. The van der Waals surface area contributed by atoms with E-state index in [4.69, 9.17) is 4.98 Å². The highest BCUT2D eigenvalue weighted by molar-refractivity contribution is 6.29. The molecule has 0 saturated heterocycles. The molecule has 11 rings (SSSR count). The molecule has 0 aliphatic heterocycles. The number of benzene rings is 6. The van der Waals surface area contributed by atoms with Crippen molar-refractivity contribution < 1.29 is 0 Å². The van der Waals surface area contributed by atoms with Crippen LogP contribution in [0.2, 0.25) is 0 Å². The van der Waals surface area contributed by atoms with E-state index in [1.165, 1.54) is 88.5 Å². The van der Waals surface area contributed by atoms with Crippen LogP contribution in [0, 0.1) is 0 Å². The highest BCUT2D eigenvalue weighted by Crippen LogP contribution is 2.55. The summed E-state index contributed by atoms with van der Waals surface area (Å²) in [4.78, 5) is 5.38. The Labute approximate surface area is 407 Å². The summed E-state index contributed by atoms with van der Waals surface area (Å²) in [5.74, 6) is 0.247. The fraction of sp³-hybridized carbons (Fsp3) is 0.119. The van der Waals surface area contributed by atoms with Gasteiger partial charge in [0.2, 0.25) is 0 Å². The zero-order valence-corrected chi connectivity index (χ0v) is 39.8. The summed E-state index contributed by atoms with van der Waals surface area (Å²) < 4.78 is 2.54. The molecular formula is C67H56N2. The first-order valence-electron chi connectivity index (χ1n) is 24.6. The lowest BCUT2D eigenvalue weighted by molar-refractivity contribution is 0.752. The molecule has 0 spiro atoms. The molecule has 2 nitrogen and oxygen atoms in total. The molecule has 0 amide bonds. The second-order valence-corrected chi connectivity index (χ2v) is 18.3. The number of nitrogens with zero attached hydrogens (tertiary/aromatic N) is 2. The molecule has 9 aromatic rings. The molecule has 1 unspecified atom stereocenters. The smallest absolute Gasteiger partial charge is 0.0728 e. The Balaban J connectivity index is 1.47. The molecule has 334 valence electrons. The third-order valence-corrected chi connectivity index (χ3v) is 14.5. The first-order chi connectivity index (χ1) is 34.1. The Kier molecular flexibility index (Phi) is 11.7. The summed E-state index contributed by atoms with van der Waals surface area (Å²) in [6.45, 7) is 15.8. The molecule has 0 bridgehead atoms. The van der Waals surface area contributed by atoms with Gasteiger partial charge in [-0.2, -0.15) is 0 Å². The van der Waals surface area contributed by atoms with Gasteiger partial charge in [-0.3, -0.25) is 4.98 Å². The van der Waals surface area contributed by atoms with Gasteiger partial charge >= 0.3 is 0 Å². The van der Waals surface area contributed by atoms with E-state index < -0.39 is 0 Å². The van der Waals surface area contributed by atoms with E-state index in [9.17, 15) is 0 Å². The van der Waals surface area contributed by atoms with Crippen LogP contribution in [0.5, 0.6) is 0 Å². The van der Waals surface area contributed by atoms with E-state index in [0.717, 1.165) is 64.9 Å². The minimum atomic E-state index is 0.247. The molecule has 2 heteroatoms. The lowest BCUT2D eigenvalue weighted by Crippen LogP contribution is -2.01. The Bertz CT molecular complexity index is 3570. The number of fused-ring (bicyclic) bond motifs is 5. The second kappa shape index (κ2) is 18.5. The summed E-state index contributed by atoms with van der Waals surface area (Å²) >= 11 is 0. The number of aromatic nitrogens is 2. The van der Waals surface area contributed by atoms with Crippen molar-refractivity contribution in [1.29, 1.82) is 0 Å². The monoisotopic (exact) mass is 888 g/mol. The maximum Gasteiger partial charge on any atom is 0.0728 e. The van der Waals surface area contributed by atoms with Gasteiger partial charge in [-0.25, -0.2) is 0 Å². The third kappa shape index (κ3) is 7.30. The zero-order chi connectivity index (χ0) is 47.0. The zero-order valence-electron chi connectivity index (χ0n) is 39.8. The van der Waals surface area contributed by atoms with E-state index in [2.05, 4.69) is 239 Å². The summed E-state index contributed by atoms with van der Waals surface area (Å²) in [6.07, 6.45) is 26.2. The van der Waals surface area contributed by atoms with Crippen LogP contribution in [-0.4, -0.2) is 9.38 Å². The van der Waals surface area contributed by atoms with E-state index in [-0.39, 0.29) is 5.92 Å². The standard InChI is InChI=1S/C67H56N2/c1-6-10-37-52(46-29-18-13-19-30-46)60(49-35-24-16-25-36-49)55-42-56(61-53(47-31-20-14-21-32-47)39-27-40-54(61)48-33-22-15-23-34-48)64-63(51-38-26-12-11-17-28-44(51)5)58(9-4)69-59-43-68-57-41-45(7-2)50(8-3)62(57)66(59)65(55)67(64)69/h6,9-10,13-43,50H,1,4,7-8,11-12H2,2-3,5H3/b28-17+,37-10-,38-26+,51-44+,60-52-. The molecule has 2 aliphatic carbocycles. The van der Waals surface area contributed by atoms with Gasteiger partial charge in [-0.05, 0) is 129 Å². The molecule has 0 radical (unpaired) electrons. The number of rotatable bonds is 12. The van der Waals surface area contributed by atoms with Crippen LogP contribution in [0.4, 0.5) is 0 Å². The van der Waals surface area contributed by atoms with Crippen molar-refractivity contribution in [3.05, 3.63) is 258 Å². The third-order valence-electron chi connectivity index (χ3n) is 14.5. The quantitative estimate of drug-likeness (QED) is 0.0882. The highest BCUT2D eigenvalue weighted by Gasteiger charge is 2.35. The van der Waals surface area contributed by atoms with E-state index >= 15 is 0 Å². The molecule has 3 aromatic heterocycles. The lowest BCUT2D eigenvalue weighted by atomic mass is 9.79. The van der Waals surface area contributed by atoms with Crippen molar-refractivity contribution in [3.63, 3.8) is 0 Å². The van der Waals surface area contributed by atoms with Crippen molar-refractivity contribution >= 4 is 56.1 Å². The molecule has 2 aliphatic rings. The number of hydrogen-bond acceptors (Lipinski definition) is 1. The fourth-order valence-corrected chi connectivity index (χ4v) is 11.5. The van der Waals surface area contributed by atoms with E-state index in [1.54, 1.807) is 0 Å². The van der Waals surface area contributed by atoms with Crippen LogP contribution >= 0.6 is 0 Å². The average molecular weight is 889 g/mol. The van der Waals surface area contributed by atoms with Gasteiger partial charge < -0.3 is 4.40 Å². The average Bonchev–Trinajstić information content (AvgIpc) is 4.06. The van der Waals surface area contributed by atoms with Crippen molar-refractivity contribution in [2.24, 2.45) is 0 Å². The van der Waals surface area contributed by atoms with Crippen LogP contribution in [0.25, 0.3) is 89.4 Å². The summed E-state index contributed by atoms with van der Waals surface area (Å²) in [7, 11) is 0. The maximum atomic E-state index is 5.38. The molecule has 0 N–H and O–H groups in total. The number of pyridine rings is 1. The minimum Gasteiger partial charge on any atom is -0.306 e. The molecule has 3 heterocycles. The van der Waals surface area contributed by atoms with Crippen molar-refractivity contribution in [2.75, 3.05) is 0 Å². The van der Waals surface area contributed by atoms with Gasteiger partial charge in [-0.15, -0.1) is 0 Å². The van der Waals surface area contributed by atoms with Gasteiger partial charge in [-0.1, -0.05) is 215 Å². The second-order valence-electron chi connectivity index (χ2n) is 18.3. The normalized spacial score (nSPS) is 17.2. The highest BCUT2D eigenvalue weighted by atomic mass is 14.9. The SMILES string of the molecule is C=C/C=C\C(=C(/c1ccccc1)c1cc(-c2c(-c3ccccc3)cccc2-c2ccccc2)c2c(C3=C(C)/C=C/CC\C=C\3)c(C=C)n3c4cnc5c(c4c1c23)C(CC)C(CC)=C5)c1ccccc1. The number of allylic oxidation sites excluding steroid dienone is 11. The van der Waals surface area contributed by atoms with Crippen molar-refractivity contribution in [1.82, 2.24) is 9.38 Å². The molecular weight excluding hydrogens is 833 g/mol. The van der Waals surface area contributed by atoms with Gasteiger partial charge in [0.15, 0.2) is 0 Å². The minimum absolute atomic E-state index is 0.247. The first-order valence-corrected chi connectivity index (χ1v) is 24.6. The Morgan fingerprint density at radius 2 is 1.30 bits per heavy atom. The molecule has 69 heavy (non-hydrogen) atoms. The first kappa shape index (κ1) is 43.5. The molecule has 1 atom stereocenters. The molecule has 0 fully saturated rings. The molecule has 6 aromatic carbocycles. The van der Waals surface area contributed by atoms with Crippen molar-refractivity contribution in [3.8, 4) is 33.4 Å². The Morgan fingerprint density at radius 3 is 1.91 bits per heavy atom. The van der Waals surface area contributed by atoms with Crippen LogP contribution in [-0.2, 0) is 0 Å².